The van der Waals surface area contributed by atoms with Crippen LogP contribution in [0.5, 0.6) is 5.75 Å². The number of fused-ring (bicyclic) bond motifs is 1. The molecule has 7 heteroatoms. The molecule has 4 rings (SSSR count). The number of nitrogens with one attached hydrogen (secondary N) is 2. The van der Waals surface area contributed by atoms with Crippen molar-refractivity contribution in [3.63, 3.8) is 0 Å². The number of phenols is 1. The van der Waals surface area contributed by atoms with E-state index in [1.165, 1.54) is 0 Å². The number of aromatic amines is 1. The fraction of sp³-hybridized carbons (Fsp3) is 0.600. The van der Waals surface area contributed by atoms with Crippen LogP contribution in [0.15, 0.2) is 16.9 Å². The summed E-state index contributed by atoms with van der Waals surface area (Å²) in [6.07, 6.45) is 1.78. The van der Waals surface area contributed by atoms with Crippen LogP contribution >= 0.6 is 0 Å². The Morgan fingerprint density at radius 2 is 1.56 bits per heavy atom. The lowest BCUT2D eigenvalue weighted by atomic mass is 9.75. The van der Waals surface area contributed by atoms with Crippen molar-refractivity contribution in [2.75, 3.05) is 18.5 Å². The highest BCUT2D eigenvalue weighted by Crippen LogP contribution is 2.44. The van der Waals surface area contributed by atoms with Crippen LogP contribution in [0.4, 0.5) is 5.82 Å². The van der Waals surface area contributed by atoms with E-state index in [0.29, 0.717) is 30.3 Å². The number of nitrogens with zero attached hydrogens (tertiary/aromatic N) is 1. The van der Waals surface area contributed by atoms with Gasteiger partial charge < -0.3 is 15.2 Å². The summed E-state index contributed by atoms with van der Waals surface area (Å²) in [5.41, 5.74) is 2.39. The molecular weight excluding hydrogens is 406 g/mol. The van der Waals surface area contributed by atoms with Crippen molar-refractivity contribution in [2.24, 2.45) is 0 Å². The van der Waals surface area contributed by atoms with Crippen LogP contribution in [0.3, 0.4) is 0 Å². The van der Waals surface area contributed by atoms with E-state index in [1.54, 1.807) is 0 Å². The maximum Gasteiger partial charge on any atom is 0.270 e. The number of benzene rings is 1. The Kier molecular flexibility index (Phi) is 5.52. The molecule has 1 unspecified atom stereocenters. The molecule has 1 aromatic carbocycles. The van der Waals surface area contributed by atoms with Crippen molar-refractivity contribution in [2.45, 2.75) is 83.6 Å². The van der Waals surface area contributed by atoms with Gasteiger partial charge in [0.1, 0.15) is 11.6 Å². The molecule has 3 N–H and O–H groups in total. The average Bonchev–Trinajstić information content (AvgIpc) is 3.03. The zero-order valence-corrected chi connectivity index (χ0v) is 20.0. The Labute approximate surface area is 189 Å². The second-order valence-electron chi connectivity index (χ2n) is 11.2. The van der Waals surface area contributed by atoms with Gasteiger partial charge in [-0.25, -0.2) is 0 Å². The molecule has 1 aromatic heterocycles. The van der Waals surface area contributed by atoms with Gasteiger partial charge in [-0.2, -0.15) is 0 Å². The van der Waals surface area contributed by atoms with E-state index in [4.69, 9.17) is 4.74 Å². The van der Waals surface area contributed by atoms with E-state index in [2.05, 4.69) is 52.0 Å². The number of ether oxygens (including phenoxy) is 1. The lowest BCUT2D eigenvalue weighted by Crippen LogP contribution is -2.29. The third kappa shape index (κ3) is 3.98. The van der Waals surface area contributed by atoms with Crippen molar-refractivity contribution in [3.05, 3.63) is 44.7 Å². The minimum absolute atomic E-state index is 0.0920. The number of H-pyrrole nitrogens is 1. The van der Waals surface area contributed by atoms with Crippen LogP contribution in [0, 0.1) is 0 Å². The fourth-order valence-electron chi connectivity index (χ4n) is 4.89. The van der Waals surface area contributed by atoms with Crippen LogP contribution in [-0.2, 0) is 20.4 Å². The van der Waals surface area contributed by atoms with E-state index in [9.17, 15) is 14.7 Å². The van der Waals surface area contributed by atoms with Gasteiger partial charge in [0.25, 0.3) is 5.56 Å². The number of phenolic OH excluding ortho intramolecular Hbond substituents is 1. The van der Waals surface area contributed by atoms with Crippen LogP contribution in [0.2, 0.25) is 0 Å². The lowest BCUT2D eigenvalue weighted by Gasteiger charge is -2.31. The Morgan fingerprint density at radius 3 is 2.09 bits per heavy atom. The first-order chi connectivity index (χ1) is 14.9. The normalized spacial score (nSPS) is 20.2. The number of anilines is 1. The molecule has 0 bridgehead atoms. The van der Waals surface area contributed by atoms with Gasteiger partial charge in [0.05, 0.1) is 11.6 Å². The number of carbonyl (C=O) groups is 1. The van der Waals surface area contributed by atoms with Gasteiger partial charge in [-0.1, -0.05) is 53.7 Å². The molecule has 1 amide bonds. The molecule has 1 fully saturated rings. The van der Waals surface area contributed by atoms with Gasteiger partial charge in [-0.15, -0.1) is 0 Å². The molecule has 2 aromatic rings. The minimum atomic E-state index is -0.369. The maximum atomic E-state index is 13.1. The van der Waals surface area contributed by atoms with E-state index >= 15 is 0 Å². The Bertz CT molecular complexity index is 1060. The Morgan fingerprint density at radius 1 is 1.00 bits per heavy atom. The number of hydrogen-bond donors (Lipinski definition) is 3. The summed E-state index contributed by atoms with van der Waals surface area (Å²) in [6, 6.07) is 4.04. The number of aromatic nitrogens is 2. The molecule has 2 aliphatic rings. The summed E-state index contributed by atoms with van der Waals surface area (Å²) in [5.74, 6) is 0.394. The molecule has 32 heavy (non-hydrogen) atoms. The third-order valence-corrected chi connectivity index (χ3v) is 6.67. The van der Waals surface area contributed by atoms with Crippen LogP contribution in [0.1, 0.15) is 95.0 Å². The molecule has 0 aliphatic carbocycles. The number of rotatable bonds is 2. The molecule has 0 spiro atoms. The van der Waals surface area contributed by atoms with Crippen molar-refractivity contribution >= 4 is 11.7 Å². The van der Waals surface area contributed by atoms with Crippen LogP contribution < -0.4 is 10.9 Å². The summed E-state index contributed by atoms with van der Waals surface area (Å²) >= 11 is 0. The average molecular weight is 442 g/mol. The zero-order valence-electron chi connectivity index (χ0n) is 20.0. The highest BCUT2D eigenvalue weighted by molar-refractivity contribution is 5.94. The fourth-order valence-corrected chi connectivity index (χ4v) is 4.89. The van der Waals surface area contributed by atoms with Crippen LogP contribution in [-0.4, -0.2) is 34.0 Å². The Balaban J connectivity index is 1.90. The van der Waals surface area contributed by atoms with Gasteiger partial charge in [0.2, 0.25) is 5.91 Å². The van der Waals surface area contributed by atoms with Gasteiger partial charge in [0.15, 0.2) is 0 Å². The quantitative estimate of drug-likeness (QED) is 0.647. The predicted octanol–water partition coefficient (Wildman–Crippen LogP) is 4.30. The molecule has 0 radical (unpaired) electrons. The first-order valence-electron chi connectivity index (χ1n) is 11.5. The largest absolute Gasteiger partial charge is 0.507 e. The number of carbonyl (C=O) groups excluding carboxylic acids is 1. The number of aromatic hydroxyl groups is 1. The summed E-state index contributed by atoms with van der Waals surface area (Å²) in [4.78, 5) is 25.9. The molecule has 1 atom stereocenters. The molecule has 3 heterocycles. The van der Waals surface area contributed by atoms with Gasteiger partial charge in [0, 0.05) is 25.6 Å². The maximum absolute atomic E-state index is 13.1. The summed E-state index contributed by atoms with van der Waals surface area (Å²) < 4.78 is 7.30. The van der Waals surface area contributed by atoms with Gasteiger partial charge >= 0.3 is 0 Å². The summed E-state index contributed by atoms with van der Waals surface area (Å²) in [7, 11) is 0. The van der Waals surface area contributed by atoms with E-state index in [1.807, 2.05) is 16.8 Å². The second kappa shape index (κ2) is 7.80. The van der Waals surface area contributed by atoms with Crippen LogP contribution in [0.25, 0.3) is 0 Å². The molecule has 2 aliphatic heterocycles. The topological polar surface area (TPSA) is 96.4 Å². The van der Waals surface area contributed by atoms with E-state index < -0.39 is 0 Å². The lowest BCUT2D eigenvalue weighted by molar-refractivity contribution is -0.116. The smallest absolute Gasteiger partial charge is 0.270 e. The summed E-state index contributed by atoms with van der Waals surface area (Å²) in [5, 5.41) is 17.0. The number of amides is 1. The van der Waals surface area contributed by atoms with Gasteiger partial charge in [-0.05, 0) is 40.4 Å². The minimum Gasteiger partial charge on any atom is -0.507 e. The first-order valence-corrected chi connectivity index (χ1v) is 11.5. The van der Waals surface area contributed by atoms with Crippen molar-refractivity contribution in [1.29, 1.82) is 0 Å². The Hall–Kier alpha value is -2.54. The van der Waals surface area contributed by atoms with E-state index in [-0.39, 0.29) is 40.7 Å². The SMILES string of the molecule is CC(C)(C)c1cc(C2CC(=O)Nc3c2c(=O)[nH]n3C2CCOCC2)cc(C(C)(C)C)c1O. The summed E-state index contributed by atoms with van der Waals surface area (Å²) in [6.45, 7) is 13.6. The van der Waals surface area contributed by atoms with E-state index in [0.717, 1.165) is 29.5 Å². The molecule has 174 valence electrons. The zero-order chi connectivity index (χ0) is 23.4. The first kappa shape index (κ1) is 22.6. The number of hydrogen-bond acceptors (Lipinski definition) is 4. The molecular formula is C25H35N3O4. The standard InChI is InChI=1S/C25H35N3O4/c1-24(2,3)17-11-14(12-18(21(17)30)25(4,5)6)16-13-19(29)26-22-20(16)23(31)27-28(22)15-7-9-32-10-8-15/h11-12,15-16,30H,7-10,13H2,1-6H3,(H,26,29)(H,27,31). The van der Waals surface area contributed by atoms with Crippen molar-refractivity contribution < 1.29 is 14.6 Å². The molecule has 7 nitrogen and oxygen atoms in total. The predicted molar refractivity (Wildman–Crippen MR) is 125 cm³/mol. The second-order valence-corrected chi connectivity index (χ2v) is 11.2. The highest BCUT2D eigenvalue weighted by Gasteiger charge is 2.36. The molecule has 1 saturated heterocycles. The van der Waals surface area contributed by atoms with Crippen molar-refractivity contribution in [1.82, 2.24) is 9.78 Å². The van der Waals surface area contributed by atoms with Crippen molar-refractivity contribution in [3.8, 4) is 5.75 Å². The third-order valence-electron chi connectivity index (χ3n) is 6.67. The highest BCUT2D eigenvalue weighted by atomic mass is 16.5. The van der Waals surface area contributed by atoms with Gasteiger partial charge in [-0.3, -0.25) is 19.4 Å². The molecule has 0 saturated carbocycles. The monoisotopic (exact) mass is 441 g/mol.